The van der Waals surface area contributed by atoms with E-state index >= 15 is 0 Å². The van der Waals surface area contributed by atoms with E-state index in [1.165, 1.54) is 17.9 Å². The second-order valence-electron chi connectivity index (χ2n) is 9.02. The van der Waals surface area contributed by atoms with E-state index in [-0.39, 0.29) is 34.8 Å². The first kappa shape index (κ1) is 25.0. The molecular weight excluding hydrogens is 473 g/mol. The molecule has 1 aliphatic rings. The van der Waals surface area contributed by atoms with Crippen LogP contribution in [0.3, 0.4) is 0 Å². The molecular formula is C23H25F5N5O2+. The SMILES string of the molecule is CC(C)[C@@H]1CC(/C=[N+](\C)c2ncc3c(-c4cc(C(F)(F)F)c(F)c(O)c4F)nn(C)c3n2)CCO1. The van der Waals surface area contributed by atoms with E-state index < -0.39 is 34.7 Å². The third-order valence-electron chi connectivity index (χ3n) is 6.15. The molecule has 0 radical (unpaired) electrons. The number of halogens is 5. The van der Waals surface area contributed by atoms with Crippen LogP contribution in [0.1, 0.15) is 32.3 Å². The molecule has 0 spiro atoms. The first-order chi connectivity index (χ1) is 16.4. The summed E-state index contributed by atoms with van der Waals surface area (Å²) in [5.74, 6) is -4.40. The van der Waals surface area contributed by atoms with E-state index in [2.05, 4.69) is 28.9 Å². The van der Waals surface area contributed by atoms with E-state index in [1.807, 2.05) is 6.21 Å². The first-order valence-corrected chi connectivity index (χ1v) is 11.1. The van der Waals surface area contributed by atoms with Crippen molar-refractivity contribution in [2.45, 2.75) is 39.0 Å². The molecule has 35 heavy (non-hydrogen) atoms. The molecule has 1 fully saturated rings. The average molecular weight is 498 g/mol. The van der Waals surface area contributed by atoms with Gasteiger partial charge in [-0.3, -0.25) is 0 Å². The number of ether oxygens (including phenoxy) is 1. The molecule has 7 nitrogen and oxygen atoms in total. The summed E-state index contributed by atoms with van der Waals surface area (Å²) in [6, 6.07) is 0.288. The van der Waals surface area contributed by atoms with Gasteiger partial charge >= 0.3 is 12.1 Å². The van der Waals surface area contributed by atoms with Gasteiger partial charge in [-0.2, -0.15) is 18.3 Å². The van der Waals surface area contributed by atoms with Crippen molar-refractivity contribution in [2.24, 2.45) is 18.9 Å². The number of phenols is 1. The summed E-state index contributed by atoms with van der Waals surface area (Å²) in [6.45, 7) is 4.86. The van der Waals surface area contributed by atoms with Crippen LogP contribution in [-0.4, -0.2) is 55.4 Å². The minimum Gasteiger partial charge on any atom is -0.503 e. The Bertz CT molecular complexity index is 1300. The van der Waals surface area contributed by atoms with Gasteiger partial charge in [-0.15, -0.1) is 0 Å². The third kappa shape index (κ3) is 4.71. The van der Waals surface area contributed by atoms with E-state index in [0.717, 1.165) is 12.8 Å². The summed E-state index contributed by atoms with van der Waals surface area (Å²) in [4.78, 5) is 8.74. The Morgan fingerprint density at radius 3 is 2.63 bits per heavy atom. The predicted octanol–water partition coefficient (Wildman–Crippen LogP) is 4.83. The first-order valence-electron chi connectivity index (χ1n) is 11.1. The lowest BCUT2D eigenvalue weighted by Gasteiger charge is -2.30. The zero-order chi connectivity index (χ0) is 25.7. The summed E-state index contributed by atoms with van der Waals surface area (Å²) in [5.41, 5.74) is -2.52. The molecule has 0 saturated carbocycles. The molecule has 2 atom stereocenters. The number of aromatic nitrogens is 4. The zero-order valence-electron chi connectivity index (χ0n) is 19.6. The lowest BCUT2D eigenvalue weighted by Crippen LogP contribution is -2.31. The van der Waals surface area contributed by atoms with Crippen LogP contribution in [0, 0.1) is 23.5 Å². The van der Waals surface area contributed by atoms with Crippen LogP contribution in [-0.2, 0) is 18.0 Å². The van der Waals surface area contributed by atoms with Crippen molar-refractivity contribution >= 4 is 23.2 Å². The fourth-order valence-electron chi connectivity index (χ4n) is 4.24. The summed E-state index contributed by atoms with van der Waals surface area (Å²) < 4.78 is 77.1. The summed E-state index contributed by atoms with van der Waals surface area (Å²) in [6.07, 6.45) is 0.0394. The molecule has 0 aliphatic carbocycles. The van der Waals surface area contributed by atoms with Gasteiger partial charge in [0.15, 0.2) is 17.4 Å². The molecule has 1 aromatic carbocycles. The quantitative estimate of drug-likeness (QED) is 0.317. The number of hydrogen-bond acceptors (Lipinski definition) is 5. The van der Waals surface area contributed by atoms with Crippen molar-refractivity contribution in [2.75, 3.05) is 13.7 Å². The van der Waals surface area contributed by atoms with Gasteiger partial charge in [0, 0.05) is 31.4 Å². The lowest BCUT2D eigenvalue weighted by molar-refractivity contribution is -0.411. The van der Waals surface area contributed by atoms with Crippen LogP contribution >= 0.6 is 0 Å². The third-order valence-corrected chi connectivity index (χ3v) is 6.15. The molecule has 3 heterocycles. The minimum atomic E-state index is -5.14. The van der Waals surface area contributed by atoms with Gasteiger partial charge in [-0.05, 0) is 29.8 Å². The van der Waals surface area contributed by atoms with Crippen molar-refractivity contribution in [3.63, 3.8) is 0 Å². The van der Waals surface area contributed by atoms with Gasteiger partial charge < -0.3 is 9.84 Å². The van der Waals surface area contributed by atoms with Crippen LogP contribution in [0.5, 0.6) is 5.75 Å². The standard InChI is InChI=1S/C23H24F5N5O2/c1-11(2)16-7-12(5-6-35-16)10-32(3)22-29-9-14-19(31-33(4)21(14)30-22)13-8-15(23(26,27)28)18(25)20(34)17(13)24/h8-12,16H,5-7H2,1-4H3/p+1/b32-10+/t12?,16-/m0/s1. The van der Waals surface area contributed by atoms with E-state index in [0.29, 0.717) is 18.5 Å². The molecule has 188 valence electrons. The number of alkyl halides is 3. The fourth-order valence-corrected chi connectivity index (χ4v) is 4.24. The average Bonchev–Trinajstić information content (AvgIpc) is 3.12. The second-order valence-corrected chi connectivity index (χ2v) is 9.02. The van der Waals surface area contributed by atoms with Crippen molar-refractivity contribution in [1.82, 2.24) is 19.7 Å². The van der Waals surface area contributed by atoms with Gasteiger partial charge in [0.1, 0.15) is 11.9 Å². The Morgan fingerprint density at radius 2 is 1.97 bits per heavy atom. The summed E-state index contributed by atoms with van der Waals surface area (Å²) in [5, 5.41) is 13.9. The van der Waals surface area contributed by atoms with Crippen molar-refractivity contribution < 1.29 is 36.4 Å². The highest BCUT2D eigenvalue weighted by Crippen LogP contribution is 2.41. The predicted molar refractivity (Wildman–Crippen MR) is 118 cm³/mol. The zero-order valence-corrected chi connectivity index (χ0v) is 19.6. The number of benzene rings is 1. The number of phenolic OH excluding ortho intramolecular Hbond substituents is 1. The monoisotopic (exact) mass is 498 g/mol. The number of aromatic hydroxyl groups is 1. The Balaban J connectivity index is 1.74. The van der Waals surface area contributed by atoms with Crippen molar-refractivity contribution in [3.8, 4) is 17.0 Å². The van der Waals surface area contributed by atoms with Crippen LogP contribution in [0.15, 0.2) is 12.3 Å². The normalized spacial score (nSPS) is 19.7. The molecule has 0 bridgehead atoms. The van der Waals surface area contributed by atoms with Crippen LogP contribution in [0.4, 0.5) is 27.9 Å². The van der Waals surface area contributed by atoms with Gasteiger partial charge in [-0.25, -0.2) is 18.0 Å². The molecule has 4 rings (SSSR count). The highest BCUT2D eigenvalue weighted by molar-refractivity contribution is 5.91. The maximum absolute atomic E-state index is 14.6. The summed E-state index contributed by atoms with van der Waals surface area (Å²) in [7, 11) is 3.27. The Kier molecular flexibility index (Phi) is 6.52. The Morgan fingerprint density at radius 1 is 1.26 bits per heavy atom. The molecule has 2 aromatic heterocycles. The highest BCUT2D eigenvalue weighted by atomic mass is 19.4. The van der Waals surface area contributed by atoms with Gasteiger partial charge in [-0.1, -0.05) is 18.8 Å². The minimum absolute atomic E-state index is 0.147. The molecule has 12 heteroatoms. The Hall–Kier alpha value is -3.15. The fraction of sp³-hybridized carbons (Fsp3) is 0.478. The molecule has 1 saturated heterocycles. The van der Waals surface area contributed by atoms with Gasteiger partial charge in [0.2, 0.25) is 5.65 Å². The number of rotatable bonds is 4. The molecule has 1 unspecified atom stereocenters. The van der Waals surface area contributed by atoms with Gasteiger partial charge in [0.05, 0.1) is 24.1 Å². The van der Waals surface area contributed by atoms with Crippen LogP contribution in [0.2, 0.25) is 0 Å². The number of hydrogen-bond donors (Lipinski definition) is 1. The van der Waals surface area contributed by atoms with E-state index in [4.69, 9.17) is 4.74 Å². The number of nitrogens with zero attached hydrogens (tertiary/aromatic N) is 5. The van der Waals surface area contributed by atoms with Crippen LogP contribution in [0.25, 0.3) is 22.3 Å². The maximum atomic E-state index is 14.6. The van der Waals surface area contributed by atoms with E-state index in [1.54, 1.807) is 11.6 Å². The topological polar surface area (TPSA) is 76.1 Å². The molecule has 1 aliphatic heterocycles. The number of aryl methyl sites for hydroxylation is 1. The molecule has 1 N–H and O–H groups in total. The van der Waals surface area contributed by atoms with E-state index in [9.17, 15) is 27.1 Å². The Labute approximate surface area is 197 Å². The smallest absolute Gasteiger partial charge is 0.434 e. The second kappa shape index (κ2) is 9.14. The maximum Gasteiger partial charge on any atom is 0.434 e. The largest absolute Gasteiger partial charge is 0.503 e. The van der Waals surface area contributed by atoms with Crippen molar-refractivity contribution in [1.29, 1.82) is 0 Å². The highest BCUT2D eigenvalue weighted by Gasteiger charge is 2.38. The lowest BCUT2D eigenvalue weighted by atomic mass is 9.91. The number of fused-ring (bicyclic) bond motifs is 1. The molecule has 3 aromatic rings. The van der Waals surface area contributed by atoms with Crippen LogP contribution < -0.4 is 0 Å². The van der Waals surface area contributed by atoms with Gasteiger partial charge in [0.25, 0.3) is 0 Å². The summed E-state index contributed by atoms with van der Waals surface area (Å²) >= 11 is 0. The van der Waals surface area contributed by atoms with Crippen molar-refractivity contribution in [3.05, 3.63) is 29.5 Å². The molecule has 0 amide bonds.